The Hall–Kier alpha value is -3.02. The van der Waals surface area contributed by atoms with Gasteiger partial charge in [-0.2, -0.15) is 4.31 Å². The van der Waals surface area contributed by atoms with Gasteiger partial charge in [-0.25, -0.2) is 17.8 Å². The minimum Gasteiger partial charge on any atom is -0.454 e. The van der Waals surface area contributed by atoms with Crippen molar-refractivity contribution in [3.05, 3.63) is 53.7 Å². The molecule has 32 heavy (non-hydrogen) atoms. The molecule has 1 amide bonds. The quantitative estimate of drug-likeness (QED) is 0.607. The number of anilines is 1. The first-order chi connectivity index (χ1) is 15.4. The second-order valence-electron chi connectivity index (χ2n) is 7.32. The van der Waals surface area contributed by atoms with Gasteiger partial charge in [-0.15, -0.1) is 11.3 Å². The van der Waals surface area contributed by atoms with Gasteiger partial charge in [0.1, 0.15) is 11.9 Å². The van der Waals surface area contributed by atoms with Gasteiger partial charge < -0.3 is 14.8 Å². The van der Waals surface area contributed by atoms with Crippen LogP contribution in [0.3, 0.4) is 0 Å². The summed E-state index contributed by atoms with van der Waals surface area (Å²) in [5.41, 5.74) is 1.47. The van der Waals surface area contributed by atoms with Crippen LogP contribution in [0.25, 0.3) is 11.3 Å². The fourth-order valence-corrected chi connectivity index (χ4v) is 6.12. The van der Waals surface area contributed by atoms with Crippen molar-refractivity contribution in [1.82, 2.24) is 9.29 Å². The van der Waals surface area contributed by atoms with Crippen LogP contribution in [-0.2, 0) is 14.8 Å². The number of halogens is 1. The molecular formula is C21H18FN3O5S2. The van der Waals surface area contributed by atoms with Crippen molar-refractivity contribution >= 4 is 32.4 Å². The van der Waals surface area contributed by atoms with Crippen LogP contribution in [0, 0.1) is 5.82 Å². The van der Waals surface area contributed by atoms with E-state index in [1.807, 2.05) is 12.1 Å². The number of hydrogen-bond acceptors (Lipinski definition) is 7. The highest BCUT2D eigenvalue weighted by atomic mass is 32.2. The fourth-order valence-electron chi connectivity index (χ4n) is 3.74. The molecule has 1 aromatic heterocycles. The van der Waals surface area contributed by atoms with Crippen molar-refractivity contribution in [1.29, 1.82) is 0 Å². The first kappa shape index (κ1) is 20.9. The van der Waals surface area contributed by atoms with Gasteiger partial charge in [-0.3, -0.25) is 4.79 Å². The molecule has 11 heteroatoms. The number of fused-ring (bicyclic) bond motifs is 1. The standard InChI is InChI=1S/C21H18FN3O5S2/c22-14-4-6-15(7-5-14)32(27,28)25-9-1-2-17(25)20(26)24-21-23-16(11-31-21)13-3-8-18-19(10-13)30-12-29-18/h3-8,10-11,17H,1-2,9,12H2,(H,23,24,26). The second kappa shape index (κ2) is 8.15. The van der Waals surface area contributed by atoms with Crippen LogP contribution in [0.2, 0.25) is 0 Å². The molecule has 2 aliphatic rings. The van der Waals surface area contributed by atoms with E-state index in [1.54, 1.807) is 11.4 Å². The average molecular weight is 476 g/mol. The number of thiazole rings is 1. The van der Waals surface area contributed by atoms with E-state index in [2.05, 4.69) is 10.3 Å². The molecule has 166 valence electrons. The summed E-state index contributed by atoms with van der Waals surface area (Å²) in [5, 5.41) is 4.91. The molecule has 0 bridgehead atoms. The van der Waals surface area contributed by atoms with Crippen molar-refractivity contribution in [3.8, 4) is 22.8 Å². The molecular weight excluding hydrogens is 457 g/mol. The summed E-state index contributed by atoms with van der Waals surface area (Å²) in [6, 6.07) is 9.19. The minimum atomic E-state index is -3.92. The molecule has 1 N–H and O–H groups in total. The average Bonchev–Trinajstić information content (AvgIpc) is 3.53. The topological polar surface area (TPSA) is 97.8 Å². The van der Waals surface area contributed by atoms with Crippen LogP contribution in [0.4, 0.5) is 9.52 Å². The van der Waals surface area contributed by atoms with E-state index in [0.29, 0.717) is 35.2 Å². The highest BCUT2D eigenvalue weighted by molar-refractivity contribution is 7.89. The third kappa shape index (κ3) is 3.83. The monoisotopic (exact) mass is 475 g/mol. The molecule has 0 radical (unpaired) electrons. The molecule has 3 heterocycles. The van der Waals surface area contributed by atoms with E-state index in [1.165, 1.54) is 27.8 Å². The molecule has 2 aromatic carbocycles. The number of rotatable bonds is 5. The zero-order valence-electron chi connectivity index (χ0n) is 16.7. The maximum Gasteiger partial charge on any atom is 0.244 e. The van der Waals surface area contributed by atoms with Gasteiger partial charge in [0.25, 0.3) is 0 Å². The number of benzene rings is 2. The number of amides is 1. The predicted octanol–water partition coefficient (Wildman–Crippen LogP) is 3.47. The second-order valence-corrected chi connectivity index (χ2v) is 10.1. The van der Waals surface area contributed by atoms with Gasteiger partial charge in [-0.1, -0.05) is 0 Å². The molecule has 3 aromatic rings. The molecule has 0 spiro atoms. The normalized spacial score (nSPS) is 18.1. The number of nitrogens with one attached hydrogen (secondary N) is 1. The number of aromatic nitrogens is 1. The van der Waals surface area contributed by atoms with Crippen molar-refractivity contribution in [2.75, 3.05) is 18.7 Å². The van der Waals surface area contributed by atoms with E-state index in [4.69, 9.17) is 9.47 Å². The summed E-state index contributed by atoms with van der Waals surface area (Å²) in [4.78, 5) is 17.3. The first-order valence-electron chi connectivity index (χ1n) is 9.86. The lowest BCUT2D eigenvalue weighted by Gasteiger charge is -2.23. The van der Waals surface area contributed by atoms with Crippen LogP contribution >= 0.6 is 11.3 Å². The molecule has 2 aliphatic heterocycles. The number of hydrogen-bond donors (Lipinski definition) is 1. The molecule has 1 saturated heterocycles. The van der Waals surface area contributed by atoms with Crippen LogP contribution in [-0.4, -0.2) is 43.0 Å². The summed E-state index contributed by atoms with van der Waals surface area (Å²) in [7, 11) is -3.92. The van der Waals surface area contributed by atoms with Crippen LogP contribution in [0.15, 0.2) is 52.7 Å². The largest absolute Gasteiger partial charge is 0.454 e. The number of nitrogens with zero attached hydrogens (tertiary/aromatic N) is 2. The fraction of sp³-hybridized carbons (Fsp3) is 0.238. The zero-order valence-corrected chi connectivity index (χ0v) is 18.3. The lowest BCUT2D eigenvalue weighted by molar-refractivity contribution is -0.119. The van der Waals surface area contributed by atoms with E-state index in [0.717, 1.165) is 17.7 Å². The molecule has 1 fully saturated rings. The van der Waals surface area contributed by atoms with Gasteiger partial charge in [0.15, 0.2) is 16.6 Å². The Labute approximate surface area is 187 Å². The van der Waals surface area contributed by atoms with Crippen molar-refractivity contribution in [2.24, 2.45) is 0 Å². The first-order valence-corrected chi connectivity index (χ1v) is 12.2. The summed E-state index contributed by atoms with van der Waals surface area (Å²) < 4.78 is 51.0. The van der Waals surface area contributed by atoms with Gasteiger partial charge in [0.2, 0.25) is 22.7 Å². The Bertz CT molecular complexity index is 1280. The molecule has 5 rings (SSSR count). The van der Waals surface area contributed by atoms with Gasteiger partial charge in [0, 0.05) is 17.5 Å². The number of carbonyl (C=O) groups is 1. The van der Waals surface area contributed by atoms with Crippen LogP contribution in [0.1, 0.15) is 12.8 Å². The zero-order chi connectivity index (χ0) is 22.3. The van der Waals surface area contributed by atoms with Crippen molar-refractivity contribution in [2.45, 2.75) is 23.8 Å². The highest BCUT2D eigenvalue weighted by Crippen LogP contribution is 2.36. The van der Waals surface area contributed by atoms with E-state index in [-0.39, 0.29) is 18.2 Å². The SMILES string of the molecule is O=C(Nc1nc(-c2ccc3c(c2)OCO3)cs1)C1CCCN1S(=O)(=O)c1ccc(F)cc1. The smallest absolute Gasteiger partial charge is 0.244 e. The Morgan fingerprint density at radius 3 is 2.75 bits per heavy atom. The van der Waals surface area contributed by atoms with Crippen molar-refractivity contribution in [3.63, 3.8) is 0 Å². The Morgan fingerprint density at radius 1 is 1.16 bits per heavy atom. The Kier molecular flexibility index (Phi) is 5.31. The predicted molar refractivity (Wildman–Crippen MR) is 116 cm³/mol. The Balaban J connectivity index is 1.32. The summed E-state index contributed by atoms with van der Waals surface area (Å²) in [6.45, 7) is 0.397. The summed E-state index contributed by atoms with van der Waals surface area (Å²) in [6.07, 6.45) is 0.950. The van der Waals surface area contributed by atoms with E-state index in [9.17, 15) is 17.6 Å². The molecule has 0 saturated carbocycles. The van der Waals surface area contributed by atoms with E-state index < -0.39 is 27.8 Å². The molecule has 0 aliphatic carbocycles. The molecule has 1 atom stereocenters. The summed E-state index contributed by atoms with van der Waals surface area (Å²) >= 11 is 1.25. The molecule has 1 unspecified atom stereocenters. The van der Waals surface area contributed by atoms with E-state index >= 15 is 0 Å². The lowest BCUT2D eigenvalue weighted by atomic mass is 10.1. The van der Waals surface area contributed by atoms with Crippen LogP contribution in [0.5, 0.6) is 11.5 Å². The van der Waals surface area contributed by atoms with Crippen LogP contribution < -0.4 is 14.8 Å². The minimum absolute atomic E-state index is 0.0436. The third-order valence-electron chi connectivity index (χ3n) is 5.33. The lowest BCUT2D eigenvalue weighted by Crippen LogP contribution is -2.43. The third-order valence-corrected chi connectivity index (χ3v) is 8.01. The van der Waals surface area contributed by atoms with Gasteiger partial charge in [-0.05, 0) is 55.3 Å². The highest BCUT2D eigenvalue weighted by Gasteiger charge is 2.39. The maximum absolute atomic E-state index is 13.2. The Morgan fingerprint density at radius 2 is 1.94 bits per heavy atom. The molecule has 8 nitrogen and oxygen atoms in total. The maximum atomic E-state index is 13.2. The number of ether oxygens (including phenoxy) is 2. The summed E-state index contributed by atoms with van der Waals surface area (Å²) in [5.74, 6) is 0.330. The van der Waals surface area contributed by atoms with Crippen molar-refractivity contribution < 1.29 is 27.1 Å². The van der Waals surface area contributed by atoms with Gasteiger partial charge >= 0.3 is 0 Å². The number of carbonyl (C=O) groups excluding carboxylic acids is 1. The number of sulfonamides is 1. The van der Waals surface area contributed by atoms with Gasteiger partial charge in [0.05, 0.1) is 10.6 Å².